The maximum absolute atomic E-state index is 11.2. The molecule has 0 spiro atoms. The van der Waals surface area contributed by atoms with E-state index in [1.165, 1.54) is 6.07 Å². The second-order valence-corrected chi connectivity index (χ2v) is 4.39. The Morgan fingerprint density at radius 3 is 2.83 bits per heavy atom. The molecule has 0 saturated heterocycles. The van der Waals surface area contributed by atoms with Gasteiger partial charge in [-0.05, 0) is 24.3 Å². The fourth-order valence-electron chi connectivity index (χ4n) is 1.74. The fraction of sp³-hybridized carbons (Fsp3) is 0.154. The van der Waals surface area contributed by atoms with Crippen LogP contribution in [0.4, 0.5) is 5.69 Å². The van der Waals surface area contributed by atoms with Gasteiger partial charge in [0, 0.05) is 24.2 Å². The number of hydrogen-bond acceptors (Lipinski definition) is 3. The Labute approximate surface area is 109 Å². The summed E-state index contributed by atoms with van der Waals surface area (Å²) in [5.41, 5.74) is 1.77. The first kappa shape index (κ1) is 12.5. The SMILES string of the molecule is CN(Cc1ccoc1)c1cc(Cl)ccc1C(=O)O. The second kappa shape index (κ2) is 5.14. The van der Waals surface area contributed by atoms with Crippen molar-refractivity contribution in [2.45, 2.75) is 6.54 Å². The highest BCUT2D eigenvalue weighted by Crippen LogP contribution is 2.25. The molecule has 18 heavy (non-hydrogen) atoms. The summed E-state index contributed by atoms with van der Waals surface area (Å²) >= 11 is 5.91. The number of carbonyl (C=O) groups is 1. The first-order valence-electron chi connectivity index (χ1n) is 5.33. The van der Waals surface area contributed by atoms with Crippen molar-refractivity contribution < 1.29 is 14.3 Å². The van der Waals surface area contributed by atoms with Crippen molar-refractivity contribution in [3.05, 3.63) is 52.9 Å². The third-order valence-corrected chi connectivity index (χ3v) is 2.84. The van der Waals surface area contributed by atoms with E-state index >= 15 is 0 Å². The zero-order chi connectivity index (χ0) is 13.1. The van der Waals surface area contributed by atoms with Crippen LogP contribution >= 0.6 is 11.6 Å². The van der Waals surface area contributed by atoms with Gasteiger partial charge in [-0.1, -0.05) is 11.6 Å². The summed E-state index contributed by atoms with van der Waals surface area (Å²) in [6.07, 6.45) is 3.21. The van der Waals surface area contributed by atoms with Crippen LogP contribution in [0, 0.1) is 0 Å². The van der Waals surface area contributed by atoms with Crippen LogP contribution in [-0.2, 0) is 6.54 Å². The number of halogens is 1. The van der Waals surface area contributed by atoms with Crippen LogP contribution in [0.25, 0.3) is 0 Å². The Hall–Kier alpha value is -1.94. The standard InChI is InChI=1S/C13H12ClNO3/c1-15(7-9-4-5-18-8-9)12-6-10(14)2-3-11(12)13(16)17/h2-6,8H,7H2,1H3,(H,16,17). The van der Waals surface area contributed by atoms with Crippen molar-refractivity contribution in [1.29, 1.82) is 0 Å². The number of aromatic carboxylic acids is 1. The summed E-state index contributed by atoms with van der Waals surface area (Å²) in [6.45, 7) is 0.553. The molecular weight excluding hydrogens is 254 g/mol. The lowest BCUT2D eigenvalue weighted by Crippen LogP contribution is -2.19. The molecule has 0 aliphatic rings. The highest BCUT2D eigenvalue weighted by molar-refractivity contribution is 6.31. The molecule has 0 fully saturated rings. The minimum atomic E-state index is -0.972. The third kappa shape index (κ3) is 2.65. The van der Waals surface area contributed by atoms with Gasteiger partial charge < -0.3 is 14.4 Å². The van der Waals surface area contributed by atoms with E-state index < -0.39 is 5.97 Å². The summed E-state index contributed by atoms with van der Waals surface area (Å²) in [6, 6.07) is 6.55. The number of nitrogens with zero attached hydrogens (tertiary/aromatic N) is 1. The molecule has 0 radical (unpaired) electrons. The molecule has 94 valence electrons. The highest BCUT2D eigenvalue weighted by Gasteiger charge is 2.14. The van der Waals surface area contributed by atoms with Crippen molar-refractivity contribution in [3.8, 4) is 0 Å². The van der Waals surface area contributed by atoms with Gasteiger partial charge >= 0.3 is 5.97 Å². The lowest BCUT2D eigenvalue weighted by molar-refractivity contribution is 0.0697. The van der Waals surface area contributed by atoms with Gasteiger partial charge in [-0.2, -0.15) is 0 Å². The lowest BCUT2D eigenvalue weighted by atomic mass is 10.1. The average Bonchev–Trinajstić information content (AvgIpc) is 2.81. The Morgan fingerprint density at radius 2 is 2.22 bits per heavy atom. The predicted molar refractivity (Wildman–Crippen MR) is 69.2 cm³/mol. The van der Waals surface area contributed by atoms with Gasteiger partial charge in [0.05, 0.1) is 23.8 Å². The number of rotatable bonds is 4. The van der Waals surface area contributed by atoms with Gasteiger partial charge in [-0.15, -0.1) is 0 Å². The second-order valence-electron chi connectivity index (χ2n) is 3.95. The number of hydrogen-bond donors (Lipinski definition) is 1. The van der Waals surface area contributed by atoms with Crippen LogP contribution < -0.4 is 4.90 Å². The topological polar surface area (TPSA) is 53.7 Å². The number of benzene rings is 1. The predicted octanol–water partition coefficient (Wildman–Crippen LogP) is 3.27. The summed E-state index contributed by atoms with van der Waals surface area (Å²) in [5.74, 6) is -0.972. The molecule has 0 bridgehead atoms. The van der Waals surface area contributed by atoms with E-state index in [2.05, 4.69) is 0 Å². The third-order valence-electron chi connectivity index (χ3n) is 2.60. The Bertz CT molecular complexity index is 551. The highest BCUT2D eigenvalue weighted by atomic mass is 35.5. The molecule has 1 N–H and O–H groups in total. The van der Waals surface area contributed by atoms with Crippen molar-refractivity contribution in [1.82, 2.24) is 0 Å². The van der Waals surface area contributed by atoms with Gasteiger partial charge in [0.25, 0.3) is 0 Å². The van der Waals surface area contributed by atoms with Crippen LogP contribution in [0.1, 0.15) is 15.9 Å². The zero-order valence-electron chi connectivity index (χ0n) is 9.76. The lowest BCUT2D eigenvalue weighted by Gasteiger charge is -2.20. The summed E-state index contributed by atoms with van der Waals surface area (Å²) < 4.78 is 4.98. The van der Waals surface area contributed by atoms with Crippen molar-refractivity contribution >= 4 is 23.3 Å². The van der Waals surface area contributed by atoms with Crippen LogP contribution in [0.15, 0.2) is 41.2 Å². The molecule has 0 atom stereocenters. The van der Waals surface area contributed by atoms with Gasteiger partial charge in [0.2, 0.25) is 0 Å². The normalized spacial score (nSPS) is 10.3. The van der Waals surface area contributed by atoms with Crippen molar-refractivity contribution in [2.24, 2.45) is 0 Å². The van der Waals surface area contributed by atoms with Crippen LogP contribution in [0.5, 0.6) is 0 Å². The van der Waals surface area contributed by atoms with E-state index in [0.717, 1.165) is 5.56 Å². The molecule has 0 aliphatic heterocycles. The van der Waals surface area contributed by atoms with Gasteiger partial charge in [0.15, 0.2) is 0 Å². The molecule has 5 heteroatoms. The number of anilines is 1. The average molecular weight is 266 g/mol. The molecule has 1 heterocycles. The molecule has 0 aliphatic carbocycles. The summed E-state index contributed by atoms with van der Waals surface area (Å²) in [7, 11) is 1.81. The molecule has 2 rings (SSSR count). The van der Waals surface area contributed by atoms with E-state index in [4.69, 9.17) is 21.1 Å². The maximum Gasteiger partial charge on any atom is 0.337 e. The summed E-state index contributed by atoms with van der Waals surface area (Å²) in [4.78, 5) is 13.0. The summed E-state index contributed by atoms with van der Waals surface area (Å²) in [5, 5.41) is 9.65. The number of carboxylic acid groups (broad SMARTS) is 1. The van der Waals surface area contributed by atoms with E-state index in [0.29, 0.717) is 17.3 Å². The first-order chi connectivity index (χ1) is 8.58. The largest absolute Gasteiger partial charge is 0.478 e. The van der Waals surface area contributed by atoms with Crippen LogP contribution in [0.3, 0.4) is 0 Å². The quantitative estimate of drug-likeness (QED) is 0.922. The van der Waals surface area contributed by atoms with Gasteiger partial charge in [-0.3, -0.25) is 0 Å². The molecule has 0 unspecified atom stereocenters. The first-order valence-corrected chi connectivity index (χ1v) is 5.71. The van der Waals surface area contributed by atoms with E-state index in [9.17, 15) is 4.79 Å². The zero-order valence-corrected chi connectivity index (χ0v) is 10.5. The van der Waals surface area contributed by atoms with E-state index in [-0.39, 0.29) is 5.56 Å². The minimum absolute atomic E-state index is 0.227. The van der Waals surface area contributed by atoms with Gasteiger partial charge in [-0.25, -0.2) is 4.79 Å². The van der Waals surface area contributed by atoms with E-state index in [1.54, 1.807) is 24.7 Å². The molecule has 0 amide bonds. The minimum Gasteiger partial charge on any atom is -0.478 e. The van der Waals surface area contributed by atoms with Crippen molar-refractivity contribution in [2.75, 3.05) is 11.9 Å². The Morgan fingerprint density at radius 1 is 1.44 bits per heavy atom. The number of furan rings is 1. The molecular formula is C13H12ClNO3. The fourth-order valence-corrected chi connectivity index (χ4v) is 1.91. The molecule has 1 aromatic heterocycles. The smallest absolute Gasteiger partial charge is 0.337 e. The molecule has 2 aromatic rings. The molecule has 4 nitrogen and oxygen atoms in total. The van der Waals surface area contributed by atoms with Crippen molar-refractivity contribution in [3.63, 3.8) is 0 Å². The molecule has 0 saturated carbocycles. The Balaban J connectivity index is 2.31. The van der Waals surface area contributed by atoms with Crippen LogP contribution in [-0.4, -0.2) is 18.1 Å². The van der Waals surface area contributed by atoms with E-state index in [1.807, 2.05) is 18.0 Å². The number of carboxylic acids is 1. The Kier molecular flexibility index (Phi) is 3.58. The monoisotopic (exact) mass is 265 g/mol. The van der Waals surface area contributed by atoms with Gasteiger partial charge in [0.1, 0.15) is 0 Å². The van der Waals surface area contributed by atoms with Crippen LogP contribution in [0.2, 0.25) is 5.02 Å². The maximum atomic E-state index is 11.2. The molecule has 1 aromatic carbocycles.